The molecule has 0 amide bonds. The number of hydrogen-bond donors (Lipinski definition) is 1. The molecule has 1 heterocycles. The zero-order valence-corrected chi connectivity index (χ0v) is 16.8. The molecule has 29 heavy (non-hydrogen) atoms. The summed E-state index contributed by atoms with van der Waals surface area (Å²) in [6.07, 6.45) is 0.954. The molecule has 0 saturated heterocycles. The summed E-state index contributed by atoms with van der Waals surface area (Å²) in [5.41, 5.74) is 7.23. The van der Waals surface area contributed by atoms with Crippen molar-refractivity contribution in [3.05, 3.63) is 52.6 Å². The number of carbonyl (C=O) groups is 2. The smallest absolute Gasteiger partial charge is 0.344 e. The first-order chi connectivity index (χ1) is 13.8. The Balaban J connectivity index is 1.91. The molecule has 1 aromatic rings. The van der Waals surface area contributed by atoms with Gasteiger partial charge in [-0.3, -0.25) is 4.79 Å². The predicted molar refractivity (Wildman–Crippen MR) is 104 cm³/mol. The molecule has 1 atom stereocenters. The topological polar surface area (TPSA) is 112 Å². The SMILES string of the molecule is CCOC(=O)COc1ccc(C2C(C#N)=C(N)OC3=C2C(=O)CC(C)(C)C3)cc1. The van der Waals surface area contributed by atoms with E-state index in [4.69, 9.17) is 19.9 Å². The van der Waals surface area contributed by atoms with Crippen molar-refractivity contribution in [2.75, 3.05) is 13.2 Å². The average Bonchev–Trinajstić information content (AvgIpc) is 2.65. The van der Waals surface area contributed by atoms with Crippen LogP contribution in [0.1, 0.15) is 45.1 Å². The molecular weight excluding hydrogens is 372 g/mol. The van der Waals surface area contributed by atoms with Crippen LogP contribution >= 0.6 is 0 Å². The highest BCUT2D eigenvalue weighted by Gasteiger charge is 2.42. The summed E-state index contributed by atoms with van der Waals surface area (Å²) < 4.78 is 15.9. The van der Waals surface area contributed by atoms with Crippen molar-refractivity contribution >= 4 is 11.8 Å². The lowest BCUT2D eigenvalue weighted by atomic mass is 9.70. The van der Waals surface area contributed by atoms with Crippen molar-refractivity contribution in [1.82, 2.24) is 0 Å². The Morgan fingerprint density at radius 1 is 1.31 bits per heavy atom. The van der Waals surface area contributed by atoms with E-state index in [-0.39, 0.29) is 35.9 Å². The minimum absolute atomic E-state index is 0.0318. The second-order valence-corrected chi connectivity index (χ2v) is 7.87. The Kier molecular flexibility index (Phi) is 5.64. The Bertz CT molecular complexity index is 935. The van der Waals surface area contributed by atoms with Gasteiger partial charge in [0.2, 0.25) is 5.88 Å². The van der Waals surface area contributed by atoms with E-state index in [0.29, 0.717) is 29.9 Å². The van der Waals surface area contributed by atoms with E-state index in [0.717, 1.165) is 5.56 Å². The molecule has 0 aromatic heterocycles. The van der Waals surface area contributed by atoms with Crippen LogP contribution in [0.4, 0.5) is 0 Å². The van der Waals surface area contributed by atoms with Gasteiger partial charge in [0.25, 0.3) is 0 Å². The second-order valence-electron chi connectivity index (χ2n) is 7.87. The number of carbonyl (C=O) groups excluding carboxylic acids is 2. The molecule has 0 spiro atoms. The van der Waals surface area contributed by atoms with Gasteiger partial charge in [-0.15, -0.1) is 0 Å². The molecule has 1 aromatic carbocycles. The first kappa shape index (κ1) is 20.5. The van der Waals surface area contributed by atoms with Crippen molar-refractivity contribution in [3.63, 3.8) is 0 Å². The van der Waals surface area contributed by atoms with Crippen LogP contribution in [0, 0.1) is 16.7 Å². The Labute approximate surface area is 169 Å². The van der Waals surface area contributed by atoms with E-state index in [9.17, 15) is 14.9 Å². The molecule has 1 unspecified atom stereocenters. The van der Waals surface area contributed by atoms with Crippen molar-refractivity contribution in [2.24, 2.45) is 11.1 Å². The molecule has 1 aliphatic carbocycles. The number of ether oxygens (including phenoxy) is 3. The molecule has 2 N–H and O–H groups in total. The van der Waals surface area contributed by atoms with Gasteiger partial charge in [0, 0.05) is 18.4 Å². The lowest BCUT2D eigenvalue weighted by molar-refractivity contribution is -0.145. The second kappa shape index (κ2) is 8.00. The molecule has 3 rings (SSSR count). The van der Waals surface area contributed by atoms with Crippen LogP contribution in [-0.4, -0.2) is 25.0 Å². The quantitative estimate of drug-likeness (QED) is 0.761. The van der Waals surface area contributed by atoms with Gasteiger partial charge in [-0.2, -0.15) is 5.26 Å². The molecule has 0 fully saturated rings. The van der Waals surface area contributed by atoms with Gasteiger partial charge >= 0.3 is 5.97 Å². The van der Waals surface area contributed by atoms with E-state index in [1.165, 1.54) is 0 Å². The maximum absolute atomic E-state index is 12.9. The fourth-order valence-electron chi connectivity index (χ4n) is 3.72. The van der Waals surface area contributed by atoms with E-state index in [2.05, 4.69) is 6.07 Å². The summed E-state index contributed by atoms with van der Waals surface area (Å²) in [6, 6.07) is 9.00. The van der Waals surface area contributed by atoms with Gasteiger partial charge in [0.05, 0.1) is 12.5 Å². The molecule has 2 aliphatic rings. The summed E-state index contributed by atoms with van der Waals surface area (Å²) in [7, 11) is 0. The number of ketones is 1. The van der Waals surface area contributed by atoms with Crippen LogP contribution in [0.15, 0.2) is 47.1 Å². The first-order valence-electron chi connectivity index (χ1n) is 9.48. The van der Waals surface area contributed by atoms with Crippen molar-refractivity contribution in [1.29, 1.82) is 5.26 Å². The molecule has 0 bridgehead atoms. The summed E-state index contributed by atoms with van der Waals surface area (Å²) in [5, 5.41) is 9.64. The zero-order valence-electron chi connectivity index (χ0n) is 16.8. The third-order valence-electron chi connectivity index (χ3n) is 4.95. The van der Waals surface area contributed by atoms with E-state index >= 15 is 0 Å². The number of nitriles is 1. The normalized spacial score (nSPS) is 20.5. The number of rotatable bonds is 5. The summed E-state index contributed by atoms with van der Waals surface area (Å²) >= 11 is 0. The van der Waals surface area contributed by atoms with Crippen LogP contribution < -0.4 is 10.5 Å². The number of Topliss-reactive ketones (excluding diaryl/α,β-unsaturated/α-hetero) is 1. The molecule has 152 valence electrons. The highest BCUT2D eigenvalue weighted by Crippen LogP contribution is 2.47. The maximum Gasteiger partial charge on any atom is 0.344 e. The molecule has 0 saturated carbocycles. The molecular formula is C22H24N2O5. The summed E-state index contributed by atoms with van der Waals surface area (Å²) in [5.74, 6) is -0.0151. The third-order valence-corrected chi connectivity index (χ3v) is 4.95. The average molecular weight is 396 g/mol. The van der Waals surface area contributed by atoms with Crippen molar-refractivity contribution in [3.8, 4) is 11.8 Å². The van der Waals surface area contributed by atoms with Gasteiger partial charge in [-0.05, 0) is 30.0 Å². The van der Waals surface area contributed by atoms with Gasteiger partial charge in [-0.1, -0.05) is 26.0 Å². The van der Waals surface area contributed by atoms with Gasteiger partial charge in [-0.25, -0.2) is 4.79 Å². The molecule has 1 aliphatic heterocycles. The zero-order chi connectivity index (χ0) is 21.2. The minimum atomic E-state index is -0.577. The highest BCUT2D eigenvalue weighted by atomic mass is 16.6. The molecule has 0 radical (unpaired) electrons. The van der Waals surface area contributed by atoms with E-state index in [1.54, 1.807) is 31.2 Å². The van der Waals surface area contributed by atoms with E-state index < -0.39 is 11.9 Å². The predicted octanol–water partition coefficient (Wildman–Crippen LogP) is 3.08. The lowest BCUT2D eigenvalue weighted by Crippen LogP contribution is -2.33. The first-order valence-corrected chi connectivity index (χ1v) is 9.48. The lowest BCUT2D eigenvalue weighted by Gasteiger charge is -2.37. The molecule has 7 nitrogen and oxygen atoms in total. The van der Waals surface area contributed by atoms with Gasteiger partial charge in [0.15, 0.2) is 12.4 Å². The van der Waals surface area contributed by atoms with E-state index in [1.807, 2.05) is 13.8 Å². The third kappa shape index (κ3) is 4.27. The van der Waals surface area contributed by atoms with Gasteiger partial charge in [0.1, 0.15) is 23.2 Å². The number of nitrogens with two attached hydrogens (primary N) is 1. The molecule has 7 heteroatoms. The van der Waals surface area contributed by atoms with Crippen LogP contribution in [0.2, 0.25) is 0 Å². The Hall–Kier alpha value is -3.27. The highest BCUT2D eigenvalue weighted by molar-refractivity contribution is 6.00. The summed E-state index contributed by atoms with van der Waals surface area (Å²) in [4.78, 5) is 24.3. The fourth-order valence-corrected chi connectivity index (χ4v) is 3.72. The summed E-state index contributed by atoms with van der Waals surface area (Å²) in [6.45, 7) is 5.83. The number of benzene rings is 1. The number of allylic oxidation sites excluding steroid dienone is 3. The number of esters is 1. The van der Waals surface area contributed by atoms with Crippen LogP contribution in [0.25, 0.3) is 0 Å². The maximum atomic E-state index is 12.9. The van der Waals surface area contributed by atoms with Crippen LogP contribution in [0.3, 0.4) is 0 Å². The van der Waals surface area contributed by atoms with Crippen molar-refractivity contribution in [2.45, 2.75) is 39.5 Å². The Morgan fingerprint density at radius 3 is 2.62 bits per heavy atom. The minimum Gasteiger partial charge on any atom is -0.482 e. The largest absolute Gasteiger partial charge is 0.482 e. The van der Waals surface area contributed by atoms with Gasteiger partial charge < -0.3 is 19.9 Å². The number of nitrogens with zero attached hydrogens (tertiary/aromatic N) is 1. The fraction of sp³-hybridized carbons (Fsp3) is 0.409. The van der Waals surface area contributed by atoms with Crippen LogP contribution in [-0.2, 0) is 19.1 Å². The Morgan fingerprint density at radius 2 is 2.00 bits per heavy atom. The van der Waals surface area contributed by atoms with Crippen LogP contribution in [0.5, 0.6) is 5.75 Å². The standard InChI is InChI=1S/C22H24N2O5/c1-4-27-18(26)12-28-14-7-5-13(6-8-14)19-15(11-23)21(24)29-17-10-22(2,3)9-16(25)20(17)19/h5-8,19H,4,9-10,12,24H2,1-3H3. The number of hydrogen-bond acceptors (Lipinski definition) is 7. The van der Waals surface area contributed by atoms with Crippen molar-refractivity contribution < 1.29 is 23.8 Å². The monoisotopic (exact) mass is 396 g/mol.